The average Bonchev–Trinajstić information content (AvgIpc) is 2.92. The van der Waals surface area contributed by atoms with Crippen molar-refractivity contribution in [2.75, 3.05) is 0 Å². The van der Waals surface area contributed by atoms with Gasteiger partial charge in [-0.3, -0.25) is 0 Å². The largest absolute Gasteiger partial charge is 0.477 e. The lowest BCUT2D eigenvalue weighted by atomic mass is 10.4. The number of aromatic nitrogens is 2. The number of rotatable bonds is 5. The monoisotopic (exact) mass is 282 g/mol. The molecule has 0 bridgehead atoms. The summed E-state index contributed by atoms with van der Waals surface area (Å²) in [5, 5.41) is 14.6. The Kier molecular flexibility index (Phi) is 3.09. The van der Waals surface area contributed by atoms with Gasteiger partial charge in [-0.1, -0.05) is 5.16 Å². The number of carbonyl (C=O) groups is 1. The summed E-state index contributed by atoms with van der Waals surface area (Å²) >= 11 is 2.75. The summed E-state index contributed by atoms with van der Waals surface area (Å²) in [4.78, 5) is 16.3. The molecule has 3 rings (SSSR count). The van der Waals surface area contributed by atoms with Gasteiger partial charge in [0.05, 0.1) is 5.75 Å². The maximum Gasteiger partial charge on any atom is 0.345 e. The molecule has 18 heavy (non-hydrogen) atoms. The second kappa shape index (κ2) is 4.74. The van der Waals surface area contributed by atoms with Crippen molar-refractivity contribution in [1.82, 2.24) is 10.1 Å². The van der Waals surface area contributed by atoms with E-state index in [4.69, 9.17) is 9.63 Å². The lowest BCUT2D eigenvalue weighted by Gasteiger charge is -1.91. The first-order valence-electron chi connectivity index (χ1n) is 5.49. The number of nitrogens with zero attached hydrogens (tertiary/aromatic N) is 2. The predicted octanol–water partition coefficient (Wildman–Crippen LogP) is 3.00. The Labute approximate surface area is 111 Å². The summed E-state index contributed by atoms with van der Waals surface area (Å²) in [5.41, 5.74) is 0. The Balaban J connectivity index is 1.60. The Hall–Kier alpha value is -1.34. The van der Waals surface area contributed by atoms with E-state index in [-0.39, 0.29) is 0 Å². The Morgan fingerprint density at radius 2 is 2.44 bits per heavy atom. The molecule has 1 fully saturated rings. The first-order valence-corrected chi connectivity index (χ1v) is 7.36. The normalized spacial score (nSPS) is 14.9. The van der Waals surface area contributed by atoms with E-state index in [9.17, 15) is 4.79 Å². The summed E-state index contributed by atoms with van der Waals surface area (Å²) in [6.07, 6.45) is 2.28. The molecule has 0 aromatic carbocycles. The summed E-state index contributed by atoms with van der Waals surface area (Å²) in [7, 11) is 0. The Morgan fingerprint density at radius 3 is 3.11 bits per heavy atom. The summed E-state index contributed by atoms with van der Waals surface area (Å²) < 4.78 is 5.15. The van der Waals surface area contributed by atoms with Gasteiger partial charge in [-0.2, -0.15) is 4.98 Å². The van der Waals surface area contributed by atoms with Crippen LogP contribution >= 0.6 is 23.1 Å². The maximum absolute atomic E-state index is 10.7. The molecule has 2 aromatic rings. The van der Waals surface area contributed by atoms with Crippen molar-refractivity contribution in [3.8, 4) is 0 Å². The number of hydrogen-bond donors (Lipinski definition) is 1. The molecule has 0 radical (unpaired) electrons. The van der Waals surface area contributed by atoms with Crippen LogP contribution in [0, 0.1) is 0 Å². The third-order valence-electron chi connectivity index (χ3n) is 2.56. The van der Waals surface area contributed by atoms with Gasteiger partial charge in [0.15, 0.2) is 5.82 Å². The van der Waals surface area contributed by atoms with Gasteiger partial charge in [-0.05, 0) is 18.9 Å². The molecular weight excluding hydrogens is 272 g/mol. The highest BCUT2D eigenvalue weighted by atomic mass is 32.2. The number of hydrogen-bond acceptors (Lipinski definition) is 6. The minimum Gasteiger partial charge on any atom is -0.477 e. The molecule has 1 aliphatic rings. The van der Waals surface area contributed by atoms with Crippen LogP contribution in [-0.4, -0.2) is 21.2 Å². The Morgan fingerprint density at radius 1 is 1.61 bits per heavy atom. The van der Waals surface area contributed by atoms with Crippen LogP contribution in [0.4, 0.5) is 0 Å². The number of aromatic carboxylic acids is 1. The van der Waals surface area contributed by atoms with Crippen LogP contribution in [0.3, 0.4) is 0 Å². The number of thiophene rings is 1. The third kappa shape index (κ3) is 2.56. The van der Waals surface area contributed by atoms with Crippen molar-refractivity contribution in [2.24, 2.45) is 0 Å². The van der Waals surface area contributed by atoms with Gasteiger partial charge in [0, 0.05) is 16.2 Å². The van der Waals surface area contributed by atoms with E-state index in [2.05, 4.69) is 10.1 Å². The van der Waals surface area contributed by atoms with Crippen LogP contribution in [0.1, 0.15) is 40.1 Å². The molecule has 0 amide bonds. The van der Waals surface area contributed by atoms with Crippen LogP contribution in [0.25, 0.3) is 0 Å². The molecule has 94 valence electrons. The standard InChI is InChI=1S/C11H10N2O3S2/c14-11(15)8-3-7(4-18-8)17-5-9-12-10(16-13-9)6-1-2-6/h3-4,6H,1-2,5H2,(H,14,15). The van der Waals surface area contributed by atoms with E-state index in [1.807, 2.05) is 5.38 Å². The molecule has 2 heterocycles. The van der Waals surface area contributed by atoms with Crippen molar-refractivity contribution in [2.45, 2.75) is 29.4 Å². The van der Waals surface area contributed by atoms with Crippen LogP contribution < -0.4 is 0 Å². The van der Waals surface area contributed by atoms with Gasteiger partial charge in [-0.25, -0.2) is 4.79 Å². The highest BCUT2D eigenvalue weighted by molar-refractivity contribution is 7.98. The molecular formula is C11H10N2O3S2. The van der Waals surface area contributed by atoms with Crippen molar-refractivity contribution >= 4 is 29.1 Å². The van der Waals surface area contributed by atoms with Crippen molar-refractivity contribution < 1.29 is 14.4 Å². The average molecular weight is 282 g/mol. The fraction of sp³-hybridized carbons (Fsp3) is 0.364. The van der Waals surface area contributed by atoms with Gasteiger partial charge >= 0.3 is 5.97 Å². The van der Waals surface area contributed by atoms with Crippen LogP contribution in [0.5, 0.6) is 0 Å². The van der Waals surface area contributed by atoms with Gasteiger partial charge < -0.3 is 9.63 Å². The van der Waals surface area contributed by atoms with Crippen molar-refractivity contribution in [3.05, 3.63) is 28.0 Å². The topological polar surface area (TPSA) is 76.2 Å². The molecule has 1 N–H and O–H groups in total. The summed E-state index contributed by atoms with van der Waals surface area (Å²) in [6.45, 7) is 0. The van der Waals surface area contributed by atoms with Crippen molar-refractivity contribution in [1.29, 1.82) is 0 Å². The summed E-state index contributed by atoms with van der Waals surface area (Å²) in [6, 6.07) is 1.67. The lowest BCUT2D eigenvalue weighted by molar-refractivity contribution is 0.0702. The smallest absolute Gasteiger partial charge is 0.345 e. The maximum atomic E-state index is 10.7. The Bertz CT molecular complexity index is 574. The highest BCUT2D eigenvalue weighted by Gasteiger charge is 2.29. The molecule has 0 unspecified atom stereocenters. The van der Waals surface area contributed by atoms with E-state index in [1.165, 1.54) is 23.1 Å². The van der Waals surface area contributed by atoms with Crippen molar-refractivity contribution in [3.63, 3.8) is 0 Å². The number of carboxylic acids is 1. The fourth-order valence-corrected chi connectivity index (χ4v) is 3.19. The van der Waals surface area contributed by atoms with E-state index in [1.54, 1.807) is 6.07 Å². The number of thioether (sulfide) groups is 1. The van der Waals surface area contributed by atoms with Gasteiger partial charge in [0.2, 0.25) is 5.89 Å². The molecule has 0 aliphatic heterocycles. The fourth-order valence-electron chi connectivity index (χ4n) is 1.48. The first-order chi connectivity index (χ1) is 8.72. The highest BCUT2D eigenvalue weighted by Crippen LogP contribution is 2.39. The molecule has 0 atom stereocenters. The zero-order chi connectivity index (χ0) is 12.5. The minimum atomic E-state index is -0.887. The predicted molar refractivity (Wildman–Crippen MR) is 67.1 cm³/mol. The van der Waals surface area contributed by atoms with E-state index >= 15 is 0 Å². The molecule has 7 heteroatoms. The molecule has 0 saturated heterocycles. The molecule has 5 nitrogen and oxygen atoms in total. The summed E-state index contributed by atoms with van der Waals surface area (Å²) in [5.74, 6) is 1.59. The van der Waals surface area contributed by atoms with Gasteiger partial charge in [0.1, 0.15) is 4.88 Å². The minimum absolute atomic E-state index is 0.351. The zero-order valence-corrected chi connectivity index (χ0v) is 11.0. The van der Waals surface area contributed by atoms with Crippen LogP contribution in [0.15, 0.2) is 20.9 Å². The zero-order valence-electron chi connectivity index (χ0n) is 9.33. The van der Waals surface area contributed by atoms with E-state index in [0.717, 1.165) is 23.6 Å². The van der Waals surface area contributed by atoms with E-state index in [0.29, 0.717) is 22.4 Å². The van der Waals surface area contributed by atoms with E-state index < -0.39 is 5.97 Å². The third-order valence-corrected chi connectivity index (χ3v) is 4.60. The van der Waals surface area contributed by atoms with Crippen LogP contribution in [0.2, 0.25) is 0 Å². The van der Waals surface area contributed by atoms with Crippen LogP contribution in [-0.2, 0) is 5.75 Å². The molecule has 2 aromatic heterocycles. The molecule has 0 spiro atoms. The second-order valence-electron chi connectivity index (χ2n) is 4.06. The first kappa shape index (κ1) is 11.7. The lowest BCUT2D eigenvalue weighted by Crippen LogP contribution is -1.90. The van der Waals surface area contributed by atoms with Gasteiger partial charge in [-0.15, -0.1) is 23.1 Å². The molecule has 1 saturated carbocycles. The quantitative estimate of drug-likeness (QED) is 0.849. The van der Waals surface area contributed by atoms with Gasteiger partial charge in [0.25, 0.3) is 0 Å². The number of carboxylic acid groups (broad SMARTS) is 1. The second-order valence-corrected chi connectivity index (χ2v) is 6.02. The SMILES string of the molecule is O=C(O)c1cc(SCc2noc(C3CC3)n2)cs1. The molecule has 1 aliphatic carbocycles.